The summed E-state index contributed by atoms with van der Waals surface area (Å²) in [5.41, 5.74) is 0. The van der Waals surface area contributed by atoms with E-state index in [2.05, 4.69) is 208 Å². The Morgan fingerprint density at radius 2 is 0.635 bits per heavy atom. The van der Waals surface area contributed by atoms with E-state index in [1.54, 1.807) is 0 Å². The molecule has 0 aromatic heterocycles. The fourth-order valence-corrected chi connectivity index (χ4v) is 7.93. The molecular formula is C76H118NO8+. The lowest BCUT2D eigenvalue weighted by atomic mass is 10.1. The van der Waals surface area contributed by atoms with E-state index in [1.807, 2.05) is 21.1 Å². The average molecular weight is 1170 g/mol. The Kier molecular flexibility index (Phi) is 59.7. The molecule has 85 heavy (non-hydrogen) atoms. The third-order valence-corrected chi connectivity index (χ3v) is 12.8. The molecule has 0 saturated heterocycles. The van der Waals surface area contributed by atoms with Gasteiger partial charge in [-0.15, -0.1) is 0 Å². The first-order valence-corrected chi connectivity index (χ1v) is 32.6. The van der Waals surface area contributed by atoms with Gasteiger partial charge in [0.1, 0.15) is 13.2 Å². The molecule has 0 aromatic rings. The summed E-state index contributed by atoms with van der Waals surface area (Å²) >= 11 is 0. The van der Waals surface area contributed by atoms with Crippen molar-refractivity contribution in [2.24, 2.45) is 0 Å². The molecule has 474 valence electrons. The molecule has 2 atom stereocenters. The van der Waals surface area contributed by atoms with E-state index in [-0.39, 0.29) is 38.6 Å². The summed E-state index contributed by atoms with van der Waals surface area (Å²) in [6, 6.07) is 0. The van der Waals surface area contributed by atoms with Gasteiger partial charge in [-0.2, -0.15) is 0 Å². The van der Waals surface area contributed by atoms with Gasteiger partial charge in [-0.3, -0.25) is 9.59 Å². The number of esters is 2. The van der Waals surface area contributed by atoms with Crippen LogP contribution in [0.2, 0.25) is 0 Å². The lowest BCUT2D eigenvalue weighted by Crippen LogP contribution is -2.40. The second-order valence-electron chi connectivity index (χ2n) is 22.0. The highest BCUT2D eigenvalue weighted by Gasteiger charge is 2.25. The molecule has 0 spiro atoms. The van der Waals surface area contributed by atoms with Crippen LogP contribution in [0, 0.1) is 0 Å². The predicted octanol–water partition coefficient (Wildman–Crippen LogP) is 20.2. The van der Waals surface area contributed by atoms with Crippen molar-refractivity contribution < 1.29 is 42.9 Å². The molecule has 0 amide bonds. The minimum absolute atomic E-state index is 0.168. The number of quaternary nitrogens is 1. The molecular weight excluding hydrogens is 1050 g/mol. The van der Waals surface area contributed by atoms with E-state index in [1.165, 1.54) is 0 Å². The van der Waals surface area contributed by atoms with Gasteiger partial charge in [-0.1, -0.05) is 247 Å². The van der Waals surface area contributed by atoms with Crippen LogP contribution in [-0.2, 0) is 33.3 Å². The molecule has 0 aliphatic rings. The standard InChI is InChI=1S/C76H117NO8/c1-6-8-10-12-14-16-18-20-22-24-26-28-30-32-34-36-37-39-41-43-45-47-49-51-53-55-57-59-61-63-65-67-74(79)85-72(71-84-76(75(80)81)82-69-68-77(3,4)5)70-83-73(78)66-64-62-60-58-56-54-52-50-48-46-44-42-40-38-35-33-31-29-27-25-23-21-19-17-15-13-11-9-7-2/h8-11,14-17,20-23,26-29,32-35,37,39-40,42-43,45-46,48-49,51-52,54,72,76H,6-7,12-13,18-19,24-25,30-31,36,38,41,44,47,50,53,55-71H2,1-5H3/p+1/b10-8-,11-9-,16-14-,17-15-,22-20-,23-21-,28-26-,29-27-,34-32-,35-33-,39-37-,42-40-,45-43-,48-46-,51-49-,54-52-. The number of carboxylic acids is 1. The van der Waals surface area contributed by atoms with Gasteiger partial charge < -0.3 is 28.5 Å². The molecule has 0 radical (unpaired) electrons. The number of rotatable bonds is 57. The molecule has 1 N–H and O–H groups in total. The third-order valence-electron chi connectivity index (χ3n) is 12.8. The average Bonchev–Trinajstić information content (AvgIpc) is 3.49. The van der Waals surface area contributed by atoms with E-state index in [0.717, 1.165) is 167 Å². The first kappa shape index (κ1) is 79.1. The summed E-state index contributed by atoms with van der Waals surface area (Å²) in [4.78, 5) is 37.6. The van der Waals surface area contributed by atoms with Crippen LogP contribution in [0.1, 0.15) is 206 Å². The second kappa shape index (κ2) is 64.1. The topological polar surface area (TPSA) is 108 Å². The van der Waals surface area contributed by atoms with E-state index < -0.39 is 24.3 Å². The molecule has 0 aromatic carbocycles. The highest BCUT2D eigenvalue weighted by Crippen LogP contribution is 2.13. The molecule has 0 heterocycles. The highest BCUT2D eigenvalue weighted by molar-refractivity contribution is 5.71. The number of carbonyl (C=O) groups is 3. The molecule has 0 rings (SSSR count). The summed E-state index contributed by atoms with van der Waals surface area (Å²) in [5, 5.41) is 9.73. The van der Waals surface area contributed by atoms with E-state index in [0.29, 0.717) is 23.9 Å². The van der Waals surface area contributed by atoms with Gasteiger partial charge in [0, 0.05) is 12.8 Å². The fraction of sp³-hybridized carbons (Fsp3) is 0.539. The van der Waals surface area contributed by atoms with Gasteiger partial charge in [-0.25, -0.2) is 4.79 Å². The number of likely N-dealkylation sites (N-methyl/N-ethyl adjacent to an activating group) is 1. The number of aliphatic carboxylic acids is 1. The largest absolute Gasteiger partial charge is 0.477 e. The maximum atomic E-state index is 12.9. The number of allylic oxidation sites excluding steroid dienone is 32. The van der Waals surface area contributed by atoms with Crippen molar-refractivity contribution in [3.05, 3.63) is 194 Å². The number of carboxylic acid groups (broad SMARTS) is 1. The number of unbranched alkanes of at least 4 members (excludes halogenated alkanes) is 10. The minimum atomic E-state index is -1.54. The maximum absolute atomic E-state index is 12.9. The first-order chi connectivity index (χ1) is 41.6. The Morgan fingerprint density at radius 1 is 0.353 bits per heavy atom. The fourth-order valence-electron chi connectivity index (χ4n) is 7.93. The smallest absolute Gasteiger partial charge is 0.361 e. The molecule has 9 nitrogen and oxygen atoms in total. The molecule has 9 heteroatoms. The lowest BCUT2D eigenvalue weighted by Gasteiger charge is -2.25. The minimum Gasteiger partial charge on any atom is -0.477 e. The van der Waals surface area contributed by atoms with Crippen LogP contribution in [0.25, 0.3) is 0 Å². The summed E-state index contributed by atoms with van der Waals surface area (Å²) in [6.45, 7) is 4.56. The summed E-state index contributed by atoms with van der Waals surface area (Å²) < 4.78 is 22.9. The van der Waals surface area contributed by atoms with Crippen LogP contribution in [0.15, 0.2) is 194 Å². The van der Waals surface area contributed by atoms with Gasteiger partial charge in [0.15, 0.2) is 6.10 Å². The summed E-state index contributed by atoms with van der Waals surface area (Å²) in [6.07, 6.45) is 96.6. The third kappa shape index (κ3) is 65.5. The van der Waals surface area contributed by atoms with Crippen molar-refractivity contribution in [3.63, 3.8) is 0 Å². The van der Waals surface area contributed by atoms with Crippen molar-refractivity contribution >= 4 is 17.9 Å². The monoisotopic (exact) mass is 1170 g/mol. The first-order valence-electron chi connectivity index (χ1n) is 32.6. The Bertz CT molecular complexity index is 2090. The van der Waals surface area contributed by atoms with Gasteiger partial charge in [0.25, 0.3) is 6.29 Å². The molecule has 0 aliphatic heterocycles. The number of ether oxygens (including phenoxy) is 4. The van der Waals surface area contributed by atoms with Crippen molar-refractivity contribution in [2.75, 3.05) is 47.5 Å². The molecule has 0 bridgehead atoms. The Balaban J connectivity index is 4.35. The van der Waals surface area contributed by atoms with E-state index in [9.17, 15) is 19.5 Å². The van der Waals surface area contributed by atoms with Gasteiger partial charge >= 0.3 is 17.9 Å². The number of hydrogen-bond acceptors (Lipinski definition) is 7. The van der Waals surface area contributed by atoms with Gasteiger partial charge in [0.05, 0.1) is 34.4 Å². The van der Waals surface area contributed by atoms with Crippen LogP contribution in [0.4, 0.5) is 0 Å². The predicted molar refractivity (Wildman–Crippen MR) is 363 cm³/mol. The van der Waals surface area contributed by atoms with E-state index >= 15 is 0 Å². The van der Waals surface area contributed by atoms with Crippen LogP contribution in [-0.4, -0.2) is 87.4 Å². The molecule has 2 unspecified atom stereocenters. The zero-order valence-electron chi connectivity index (χ0n) is 53.9. The van der Waals surface area contributed by atoms with Crippen molar-refractivity contribution in [1.82, 2.24) is 0 Å². The van der Waals surface area contributed by atoms with E-state index in [4.69, 9.17) is 18.9 Å². The highest BCUT2D eigenvalue weighted by atomic mass is 16.7. The molecule has 0 fully saturated rings. The normalized spacial score (nSPS) is 14.0. The maximum Gasteiger partial charge on any atom is 0.361 e. The second-order valence-corrected chi connectivity index (χ2v) is 22.0. The van der Waals surface area contributed by atoms with Gasteiger partial charge in [0.2, 0.25) is 0 Å². The Morgan fingerprint density at radius 3 is 0.941 bits per heavy atom. The number of nitrogens with zero attached hydrogens (tertiary/aromatic N) is 1. The van der Waals surface area contributed by atoms with Crippen molar-refractivity contribution in [3.8, 4) is 0 Å². The number of hydrogen-bond donors (Lipinski definition) is 1. The van der Waals surface area contributed by atoms with Crippen molar-refractivity contribution in [1.29, 1.82) is 0 Å². The molecule has 0 aliphatic carbocycles. The Hall–Kier alpha value is -5.87. The summed E-state index contributed by atoms with van der Waals surface area (Å²) in [7, 11) is 5.94. The molecule has 0 saturated carbocycles. The van der Waals surface area contributed by atoms with Gasteiger partial charge in [-0.05, 0) is 141 Å². The summed E-state index contributed by atoms with van der Waals surface area (Å²) in [5.74, 6) is -2.09. The lowest BCUT2D eigenvalue weighted by molar-refractivity contribution is -0.870. The van der Waals surface area contributed by atoms with Crippen LogP contribution in [0.3, 0.4) is 0 Å². The Labute approximate surface area is 519 Å². The van der Waals surface area contributed by atoms with Crippen LogP contribution >= 0.6 is 0 Å². The zero-order chi connectivity index (χ0) is 61.9. The quantitative estimate of drug-likeness (QED) is 0.0211. The number of carbonyl (C=O) groups excluding carboxylic acids is 2. The SMILES string of the molecule is CC/C=C\C/C=C\C/C=C\C/C=C\C/C=C\C/C=C\C/C=C\C/C=C\CCCCCCCCC(=O)OC(COC(=O)CCCCCC/C=C\C/C=C\C/C=C\C/C=C\C/C=C\C/C=C\C/C=C\C/C=C\CC)COC(OCC[N+](C)(C)C)C(=O)O. The van der Waals surface area contributed by atoms with Crippen molar-refractivity contribution in [2.45, 2.75) is 219 Å². The van der Waals surface area contributed by atoms with Crippen LogP contribution in [0.5, 0.6) is 0 Å². The zero-order valence-corrected chi connectivity index (χ0v) is 53.9. The van der Waals surface area contributed by atoms with Crippen LogP contribution < -0.4 is 0 Å².